The Balaban J connectivity index is 2.12. The summed E-state index contributed by atoms with van der Waals surface area (Å²) in [4.78, 5) is 64.0. The minimum Gasteiger partial charge on any atom is -0.327 e. The number of carbonyl (C=O) groups is 5. The maximum Gasteiger partial charge on any atom is 0.335 e. The SMILES string of the molecule is C=CCN1C(=O)C(=O)N(CC(=O)N(CC(=O)Nc2ccc(F)cc2)C(C)(C)C)C1=O. The highest BCUT2D eigenvalue weighted by atomic mass is 19.1. The second-order valence-electron chi connectivity index (χ2n) is 7.58. The van der Waals surface area contributed by atoms with Crippen LogP contribution in [0.4, 0.5) is 14.9 Å². The van der Waals surface area contributed by atoms with Gasteiger partial charge < -0.3 is 10.2 Å². The van der Waals surface area contributed by atoms with Crippen LogP contribution in [-0.2, 0) is 19.2 Å². The molecular weight excluding hydrogens is 395 g/mol. The molecule has 0 unspecified atom stereocenters. The van der Waals surface area contributed by atoms with E-state index in [4.69, 9.17) is 0 Å². The molecule has 1 aliphatic rings. The van der Waals surface area contributed by atoms with Crippen molar-refractivity contribution < 1.29 is 28.4 Å². The Morgan fingerprint density at radius 2 is 1.67 bits per heavy atom. The van der Waals surface area contributed by atoms with Crippen LogP contribution in [0.5, 0.6) is 0 Å². The molecule has 1 fully saturated rings. The first-order chi connectivity index (χ1) is 14.0. The van der Waals surface area contributed by atoms with E-state index in [1.54, 1.807) is 20.8 Å². The summed E-state index contributed by atoms with van der Waals surface area (Å²) in [6, 6.07) is 4.19. The van der Waals surface area contributed by atoms with E-state index in [2.05, 4.69) is 11.9 Å². The molecule has 0 aliphatic carbocycles. The molecule has 0 aromatic heterocycles. The van der Waals surface area contributed by atoms with Gasteiger partial charge in [-0.1, -0.05) is 6.08 Å². The molecule has 6 amide bonds. The number of nitrogens with one attached hydrogen (secondary N) is 1. The first kappa shape index (κ1) is 22.7. The van der Waals surface area contributed by atoms with Gasteiger partial charge in [0.25, 0.3) is 0 Å². The molecule has 10 heteroatoms. The minimum absolute atomic E-state index is 0.156. The predicted octanol–water partition coefficient (Wildman–Crippen LogP) is 1.37. The van der Waals surface area contributed by atoms with E-state index in [0.717, 1.165) is 0 Å². The molecule has 160 valence electrons. The molecule has 1 heterocycles. The fourth-order valence-electron chi connectivity index (χ4n) is 2.78. The Kier molecular flexibility index (Phi) is 6.70. The second-order valence-corrected chi connectivity index (χ2v) is 7.58. The Bertz CT molecular complexity index is 891. The van der Waals surface area contributed by atoms with Crippen molar-refractivity contribution >= 4 is 35.3 Å². The van der Waals surface area contributed by atoms with Crippen LogP contribution in [0.2, 0.25) is 0 Å². The fourth-order valence-corrected chi connectivity index (χ4v) is 2.78. The van der Waals surface area contributed by atoms with Gasteiger partial charge in [0.2, 0.25) is 11.8 Å². The van der Waals surface area contributed by atoms with Gasteiger partial charge in [-0.2, -0.15) is 0 Å². The average molecular weight is 418 g/mol. The van der Waals surface area contributed by atoms with Gasteiger partial charge in [0.1, 0.15) is 18.9 Å². The Hall–Kier alpha value is -3.56. The van der Waals surface area contributed by atoms with Gasteiger partial charge in [0.05, 0.1) is 0 Å². The van der Waals surface area contributed by atoms with Crippen LogP contribution in [0.15, 0.2) is 36.9 Å². The van der Waals surface area contributed by atoms with Gasteiger partial charge >= 0.3 is 17.8 Å². The van der Waals surface area contributed by atoms with E-state index in [1.165, 1.54) is 35.2 Å². The zero-order valence-corrected chi connectivity index (χ0v) is 17.0. The summed E-state index contributed by atoms with van der Waals surface area (Å²) < 4.78 is 13.0. The molecule has 2 rings (SSSR count). The standard InChI is InChI=1S/C20H23FN4O5/c1-5-10-23-17(28)18(29)24(19(23)30)12-16(27)25(20(2,3)4)11-15(26)22-14-8-6-13(21)7-9-14/h5-9H,1,10-12H2,2-4H3,(H,22,26). The number of hydrogen-bond acceptors (Lipinski definition) is 5. The first-order valence-corrected chi connectivity index (χ1v) is 9.09. The van der Waals surface area contributed by atoms with Gasteiger partial charge in [-0.3, -0.25) is 24.1 Å². The number of hydrogen-bond donors (Lipinski definition) is 1. The normalized spacial score (nSPS) is 14.2. The van der Waals surface area contributed by atoms with Crippen LogP contribution in [-0.4, -0.2) is 69.5 Å². The van der Waals surface area contributed by atoms with Crippen molar-refractivity contribution in [2.75, 3.05) is 25.0 Å². The van der Waals surface area contributed by atoms with E-state index in [1.807, 2.05) is 0 Å². The van der Waals surface area contributed by atoms with Crippen molar-refractivity contribution in [3.05, 3.63) is 42.7 Å². The van der Waals surface area contributed by atoms with Crippen LogP contribution >= 0.6 is 0 Å². The molecule has 30 heavy (non-hydrogen) atoms. The predicted molar refractivity (Wildman–Crippen MR) is 106 cm³/mol. The number of urea groups is 1. The molecular formula is C20H23FN4O5. The highest BCUT2D eigenvalue weighted by molar-refractivity contribution is 6.45. The summed E-state index contributed by atoms with van der Waals surface area (Å²) >= 11 is 0. The summed E-state index contributed by atoms with van der Waals surface area (Å²) in [5.41, 5.74) is -0.480. The summed E-state index contributed by atoms with van der Waals surface area (Å²) in [6.45, 7) is 7.25. The minimum atomic E-state index is -1.11. The fraction of sp³-hybridized carbons (Fsp3) is 0.350. The highest BCUT2D eigenvalue weighted by Crippen LogP contribution is 2.17. The van der Waals surface area contributed by atoms with Crippen molar-refractivity contribution in [3.63, 3.8) is 0 Å². The van der Waals surface area contributed by atoms with Crippen molar-refractivity contribution in [2.45, 2.75) is 26.3 Å². The van der Waals surface area contributed by atoms with Crippen molar-refractivity contribution in [3.8, 4) is 0 Å². The van der Waals surface area contributed by atoms with E-state index < -0.39 is 47.6 Å². The quantitative estimate of drug-likeness (QED) is 0.409. The van der Waals surface area contributed by atoms with Crippen LogP contribution in [0.1, 0.15) is 20.8 Å². The van der Waals surface area contributed by atoms with E-state index in [-0.39, 0.29) is 13.1 Å². The second kappa shape index (κ2) is 8.85. The zero-order chi connectivity index (χ0) is 22.6. The van der Waals surface area contributed by atoms with Crippen molar-refractivity contribution in [2.24, 2.45) is 0 Å². The molecule has 1 aromatic carbocycles. The lowest BCUT2D eigenvalue weighted by Gasteiger charge is -2.35. The van der Waals surface area contributed by atoms with E-state index in [9.17, 15) is 28.4 Å². The number of halogens is 1. The third-order valence-corrected chi connectivity index (χ3v) is 4.28. The average Bonchev–Trinajstić information content (AvgIpc) is 2.85. The molecule has 0 atom stereocenters. The molecule has 1 saturated heterocycles. The lowest BCUT2D eigenvalue weighted by Crippen LogP contribution is -2.53. The Morgan fingerprint density at radius 3 is 2.20 bits per heavy atom. The van der Waals surface area contributed by atoms with Gasteiger partial charge in [0.15, 0.2) is 0 Å². The highest BCUT2D eigenvalue weighted by Gasteiger charge is 2.45. The summed E-state index contributed by atoms with van der Waals surface area (Å²) in [5, 5.41) is 2.55. The monoisotopic (exact) mass is 418 g/mol. The number of benzene rings is 1. The van der Waals surface area contributed by atoms with E-state index >= 15 is 0 Å². The van der Waals surface area contributed by atoms with Gasteiger partial charge in [0, 0.05) is 17.8 Å². The van der Waals surface area contributed by atoms with E-state index in [0.29, 0.717) is 15.5 Å². The number of anilines is 1. The van der Waals surface area contributed by atoms with Gasteiger partial charge in [-0.05, 0) is 45.0 Å². The smallest absolute Gasteiger partial charge is 0.327 e. The lowest BCUT2D eigenvalue weighted by atomic mass is 10.1. The molecule has 1 aliphatic heterocycles. The summed E-state index contributed by atoms with van der Waals surface area (Å²) in [6.07, 6.45) is 1.29. The molecule has 0 spiro atoms. The summed E-state index contributed by atoms with van der Waals surface area (Å²) in [7, 11) is 0. The number of amides is 6. The molecule has 1 N–H and O–H groups in total. The van der Waals surface area contributed by atoms with Crippen molar-refractivity contribution in [1.82, 2.24) is 14.7 Å². The topological polar surface area (TPSA) is 107 Å². The largest absolute Gasteiger partial charge is 0.335 e. The van der Waals surface area contributed by atoms with Crippen LogP contribution in [0.3, 0.4) is 0 Å². The lowest BCUT2D eigenvalue weighted by molar-refractivity contribution is -0.146. The van der Waals surface area contributed by atoms with Crippen molar-refractivity contribution in [1.29, 1.82) is 0 Å². The van der Waals surface area contributed by atoms with Crippen LogP contribution in [0.25, 0.3) is 0 Å². The molecule has 0 radical (unpaired) electrons. The molecule has 0 saturated carbocycles. The number of carbonyl (C=O) groups excluding carboxylic acids is 5. The third-order valence-electron chi connectivity index (χ3n) is 4.28. The van der Waals surface area contributed by atoms with Crippen LogP contribution < -0.4 is 5.32 Å². The summed E-state index contributed by atoms with van der Waals surface area (Å²) in [5.74, 6) is -3.84. The maximum atomic E-state index is 13.0. The van der Waals surface area contributed by atoms with Gasteiger partial charge in [-0.15, -0.1) is 6.58 Å². The number of rotatable bonds is 7. The molecule has 0 bridgehead atoms. The third kappa shape index (κ3) is 5.07. The Labute approximate surface area is 173 Å². The number of nitrogens with zero attached hydrogens (tertiary/aromatic N) is 3. The molecule has 1 aromatic rings. The first-order valence-electron chi connectivity index (χ1n) is 9.09. The Morgan fingerprint density at radius 1 is 1.10 bits per heavy atom. The maximum absolute atomic E-state index is 13.0. The van der Waals surface area contributed by atoms with Gasteiger partial charge in [-0.25, -0.2) is 14.1 Å². The zero-order valence-electron chi connectivity index (χ0n) is 17.0. The number of imide groups is 2. The van der Waals surface area contributed by atoms with Crippen LogP contribution in [0, 0.1) is 5.82 Å². The molecule has 9 nitrogen and oxygen atoms in total.